The Labute approximate surface area is 143 Å². The number of piperidine rings is 1. The lowest BCUT2D eigenvalue weighted by atomic mass is 10.0. The van der Waals surface area contributed by atoms with E-state index in [2.05, 4.69) is 22.3 Å². The van der Waals surface area contributed by atoms with Crippen LogP contribution in [0.25, 0.3) is 0 Å². The van der Waals surface area contributed by atoms with Crippen molar-refractivity contribution in [3.05, 3.63) is 41.7 Å². The van der Waals surface area contributed by atoms with Gasteiger partial charge < -0.3 is 15.1 Å². The largest absolute Gasteiger partial charge is 0.359 e. The first-order chi connectivity index (χ1) is 10.6. The van der Waals surface area contributed by atoms with Gasteiger partial charge in [-0.3, -0.25) is 4.79 Å². The molecule has 5 nitrogen and oxygen atoms in total. The number of likely N-dealkylation sites (tertiary alicyclic amines) is 1. The zero-order chi connectivity index (χ0) is 15.5. The summed E-state index contributed by atoms with van der Waals surface area (Å²) < 4.78 is 0. The number of likely N-dealkylation sites (N-methyl/N-ethyl adjacent to an activating group) is 1. The fraction of sp³-hybridized carbons (Fsp3) is 0.412. The van der Waals surface area contributed by atoms with Crippen LogP contribution in [-0.4, -0.2) is 55.1 Å². The molecule has 3 rings (SSSR count). The molecule has 0 radical (unpaired) electrons. The Bertz CT molecular complexity index is 621. The number of amides is 1. The monoisotopic (exact) mass is 334 g/mol. The molecule has 23 heavy (non-hydrogen) atoms. The first-order valence-corrected chi connectivity index (χ1v) is 7.70. The van der Waals surface area contributed by atoms with Crippen molar-refractivity contribution in [2.24, 2.45) is 4.99 Å². The number of hydrogen-bond acceptors (Lipinski definition) is 4. The Morgan fingerprint density at radius 2 is 2.00 bits per heavy atom. The standard InChI is InChI=1S/C17H22N4O.ClH/c1-20-9-7-14(8-10-20)21(2)17(22)16-12-19-15-6-4-3-5-13(15)11-18-16;/h3-6,11-12,14,19H,7-10H2,1-2H3;1H. The highest BCUT2D eigenvalue weighted by Gasteiger charge is 2.26. The number of nitrogens with zero attached hydrogens (tertiary/aromatic N) is 3. The lowest BCUT2D eigenvalue weighted by molar-refractivity contribution is -0.128. The molecule has 6 heteroatoms. The van der Waals surface area contributed by atoms with Gasteiger partial charge in [-0.05, 0) is 39.0 Å². The van der Waals surface area contributed by atoms with Crippen LogP contribution < -0.4 is 5.32 Å². The van der Waals surface area contributed by atoms with Crippen LogP contribution in [0.15, 0.2) is 41.2 Å². The van der Waals surface area contributed by atoms with Crippen molar-refractivity contribution >= 4 is 30.2 Å². The third-order valence-electron chi connectivity index (χ3n) is 4.44. The van der Waals surface area contributed by atoms with Gasteiger partial charge in [-0.25, -0.2) is 4.99 Å². The quantitative estimate of drug-likeness (QED) is 0.903. The SMILES string of the molecule is CN1CCC(N(C)C(=O)C2=CNc3ccccc3C=N2)CC1.Cl. The van der Waals surface area contributed by atoms with E-state index in [4.69, 9.17) is 0 Å². The molecule has 0 aliphatic carbocycles. The smallest absolute Gasteiger partial charge is 0.273 e. The molecule has 0 atom stereocenters. The third-order valence-corrected chi connectivity index (χ3v) is 4.44. The number of carbonyl (C=O) groups excluding carboxylic acids is 1. The van der Waals surface area contributed by atoms with Gasteiger partial charge in [-0.1, -0.05) is 18.2 Å². The minimum atomic E-state index is -0.0221. The molecule has 1 saturated heterocycles. The summed E-state index contributed by atoms with van der Waals surface area (Å²) in [6.07, 6.45) is 5.49. The van der Waals surface area contributed by atoms with Gasteiger partial charge in [-0.2, -0.15) is 0 Å². The number of benzene rings is 1. The number of rotatable bonds is 2. The lowest BCUT2D eigenvalue weighted by Gasteiger charge is -2.35. The molecular weight excluding hydrogens is 312 g/mol. The zero-order valence-corrected chi connectivity index (χ0v) is 14.3. The van der Waals surface area contributed by atoms with E-state index in [1.54, 1.807) is 12.4 Å². The Hall–Kier alpha value is -1.85. The molecule has 1 aromatic rings. The minimum absolute atomic E-state index is 0. The Kier molecular flexibility index (Phi) is 5.80. The van der Waals surface area contributed by atoms with E-state index in [9.17, 15) is 4.79 Å². The Morgan fingerprint density at radius 1 is 1.30 bits per heavy atom. The van der Waals surface area contributed by atoms with Crippen molar-refractivity contribution in [2.75, 3.05) is 32.5 Å². The van der Waals surface area contributed by atoms with Crippen LogP contribution >= 0.6 is 12.4 Å². The summed E-state index contributed by atoms with van der Waals surface area (Å²) in [7, 11) is 4.00. The molecule has 0 unspecified atom stereocenters. The van der Waals surface area contributed by atoms with Crippen molar-refractivity contribution in [1.29, 1.82) is 0 Å². The summed E-state index contributed by atoms with van der Waals surface area (Å²) in [5.74, 6) is -0.0221. The second-order valence-corrected chi connectivity index (χ2v) is 5.97. The normalized spacial score (nSPS) is 18.1. The van der Waals surface area contributed by atoms with Gasteiger partial charge in [0.1, 0.15) is 5.70 Å². The summed E-state index contributed by atoms with van der Waals surface area (Å²) in [5, 5.41) is 3.18. The molecule has 1 fully saturated rings. The predicted molar refractivity (Wildman–Crippen MR) is 96.3 cm³/mol. The Balaban J connectivity index is 0.00000192. The van der Waals surface area contributed by atoms with Gasteiger partial charge in [0.15, 0.2) is 0 Å². The highest BCUT2D eigenvalue weighted by atomic mass is 35.5. The third kappa shape index (κ3) is 3.92. The van der Waals surface area contributed by atoms with Crippen molar-refractivity contribution in [1.82, 2.24) is 9.80 Å². The molecule has 1 amide bonds. The number of hydrogen-bond donors (Lipinski definition) is 1. The molecular formula is C17H23ClN4O. The highest BCUT2D eigenvalue weighted by Crippen LogP contribution is 2.20. The number of halogens is 1. The van der Waals surface area contributed by atoms with Crippen LogP contribution in [-0.2, 0) is 4.79 Å². The number of para-hydroxylation sites is 1. The molecule has 1 aromatic carbocycles. The fourth-order valence-electron chi connectivity index (χ4n) is 2.91. The molecule has 2 heterocycles. The zero-order valence-electron chi connectivity index (χ0n) is 13.5. The average molecular weight is 335 g/mol. The molecule has 124 valence electrons. The molecule has 0 bridgehead atoms. The number of nitrogens with one attached hydrogen (secondary N) is 1. The molecule has 2 aliphatic heterocycles. The molecule has 0 saturated carbocycles. The van der Waals surface area contributed by atoms with Gasteiger partial charge in [0.25, 0.3) is 5.91 Å². The second kappa shape index (κ2) is 7.62. The van der Waals surface area contributed by atoms with E-state index in [1.807, 2.05) is 36.2 Å². The van der Waals surface area contributed by atoms with E-state index in [0.29, 0.717) is 11.7 Å². The van der Waals surface area contributed by atoms with Crippen molar-refractivity contribution in [3.63, 3.8) is 0 Å². The predicted octanol–water partition coefficient (Wildman–Crippen LogP) is 2.35. The van der Waals surface area contributed by atoms with Crippen LogP contribution in [0.5, 0.6) is 0 Å². The molecule has 1 N–H and O–H groups in total. The average Bonchev–Trinajstić information content (AvgIpc) is 2.77. The van der Waals surface area contributed by atoms with Crippen LogP contribution in [0, 0.1) is 0 Å². The van der Waals surface area contributed by atoms with E-state index in [1.165, 1.54) is 0 Å². The van der Waals surface area contributed by atoms with Gasteiger partial charge in [0.2, 0.25) is 0 Å². The van der Waals surface area contributed by atoms with Gasteiger partial charge in [0.05, 0.1) is 0 Å². The Morgan fingerprint density at radius 3 is 2.74 bits per heavy atom. The van der Waals surface area contributed by atoms with Gasteiger partial charge in [-0.15, -0.1) is 12.4 Å². The minimum Gasteiger partial charge on any atom is -0.359 e. The molecule has 0 aromatic heterocycles. The summed E-state index contributed by atoms with van der Waals surface area (Å²) in [6, 6.07) is 8.18. The number of aliphatic imine (C=N–C) groups is 1. The highest BCUT2D eigenvalue weighted by molar-refractivity contribution is 5.99. The van der Waals surface area contributed by atoms with E-state index >= 15 is 0 Å². The second-order valence-electron chi connectivity index (χ2n) is 5.97. The molecule has 2 aliphatic rings. The van der Waals surface area contributed by atoms with Crippen molar-refractivity contribution in [2.45, 2.75) is 18.9 Å². The summed E-state index contributed by atoms with van der Waals surface area (Å²) in [6.45, 7) is 2.07. The van der Waals surface area contributed by atoms with Gasteiger partial charge >= 0.3 is 0 Å². The van der Waals surface area contributed by atoms with Crippen LogP contribution in [0.3, 0.4) is 0 Å². The van der Waals surface area contributed by atoms with Crippen molar-refractivity contribution in [3.8, 4) is 0 Å². The van der Waals surface area contributed by atoms with E-state index < -0.39 is 0 Å². The molecule has 0 spiro atoms. The van der Waals surface area contributed by atoms with Crippen LogP contribution in [0.4, 0.5) is 5.69 Å². The summed E-state index contributed by atoms with van der Waals surface area (Å²) in [5.41, 5.74) is 2.41. The van der Waals surface area contributed by atoms with E-state index in [-0.39, 0.29) is 18.3 Å². The topological polar surface area (TPSA) is 47.9 Å². The van der Waals surface area contributed by atoms with Crippen LogP contribution in [0.1, 0.15) is 18.4 Å². The number of anilines is 1. The van der Waals surface area contributed by atoms with E-state index in [0.717, 1.165) is 37.2 Å². The van der Waals surface area contributed by atoms with Gasteiger partial charge in [0, 0.05) is 36.8 Å². The maximum Gasteiger partial charge on any atom is 0.273 e. The first-order valence-electron chi connectivity index (χ1n) is 7.70. The van der Waals surface area contributed by atoms with Crippen LogP contribution in [0.2, 0.25) is 0 Å². The number of carbonyl (C=O) groups is 1. The number of fused-ring (bicyclic) bond motifs is 1. The first kappa shape index (κ1) is 17.5. The van der Waals surface area contributed by atoms with Crippen molar-refractivity contribution < 1.29 is 4.79 Å². The fourth-order valence-corrected chi connectivity index (χ4v) is 2.91. The summed E-state index contributed by atoms with van der Waals surface area (Å²) in [4.78, 5) is 21.2. The maximum atomic E-state index is 12.7. The lowest BCUT2D eigenvalue weighted by Crippen LogP contribution is -2.44. The summed E-state index contributed by atoms with van der Waals surface area (Å²) >= 11 is 0. The maximum absolute atomic E-state index is 12.7.